The fourth-order valence-corrected chi connectivity index (χ4v) is 2.52. The third-order valence-corrected chi connectivity index (χ3v) is 3.34. The summed E-state index contributed by atoms with van der Waals surface area (Å²) in [5.41, 5.74) is 3.47. The van der Waals surface area contributed by atoms with Crippen molar-refractivity contribution >= 4 is 5.57 Å². The van der Waals surface area contributed by atoms with Crippen molar-refractivity contribution in [3.8, 4) is 0 Å². The summed E-state index contributed by atoms with van der Waals surface area (Å²) in [6, 6.07) is 0. The molecule has 1 aromatic heterocycles. The Hall–Kier alpha value is -1.38. The van der Waals surface area contributed by atoms with Crippen molar-refractivity contribution in [3.05, 3.63) is 30.0 Å². The minimum Gasteiger partial charge on any atom is -0.377 e. The largest absolute Gasteiger partial charge is 0.377 e. The van der Waals surface area contributed by atoms with Crippen LogP contribution in [0, 0.1) is 12.8 Å². The van der Waals surface area contributed by atoms with E-state index in [9.17, 15) is 0 Å². The van der Waals surface area contributed by atoms with Gasteiger partial charge in [-0.25, -0.2) is 0 Å². The van der Waals surface area contributed by atoms with Gasteiger partial charge in [0.05, 0.1) is 17.6 Å². The number of hydrogen-bond acceptors (Lipinski definition) is 3. The zero-order chi connectivity index (χ0) is 10.3. The SMILES string of the molecule is Cc1cncc(C2=CN3CCC2CC3)n1. The standard InChI is InChI=1S/C12H15N3/c1-9-6-13-7-12(14-9)11-8-15-4-2-10(11)3-5-15/h6-8,10H,2-5H2,1H3. The molecular weight excluding hydrogens is 186 g/mol. The molecule has 0 saturated carbocycles. The molecule has 0 spiro atoms. The first kappa shape index (κ1) is 8.89. The first-order chi connectivity index (χ1) is 7.33. The van der Waals surface area contributed by atoms with Crippen molar-refractivity contribution in [2.45, 2.75) is 19.8 Å². The van der Waals surface area contributed by atoms with Gasteiger partial charge < -0.3 is 4.90 Å². The van der Waals surface area contributed by atoms with E-state index in [0.717, 1.165) is 11.4 Å². The lowest BCUT2D eigenvalue weighted by atomic mass is 9.84. The van der Waals surface area contributed by atoms with E-state index in [1.165, 1.54) is 31.5 Å². The lowest BCUT2D eigenvalue weighted by Crippen LogP contribution is -2.35. The minimum absolute atomic E-state index is 0.714. The summed E-state index contributed by atoms with van der Waals surface area (Å²) in [5, 5.41) is 0. The molecule has 15 heavy (non-hydrogen) atoms. The summed E-state index contributed by atoms with van der Waals surface area (Å²) in [6.07, 6.45) is 8.54. The summed E-state index contributed by atoms with van der Waals surface area (Å²) < 4.78 is 0. The Labute approximate surface area is 89.8 Å². The number of rotatable bonds is 1. The van der Waals surface area contributed by atoms with Crippen LogP contribution < -0.4 is 0 Å². The van der Waals surface area contributed by atoms with Crippen LogP contribution in [0.25, 0.3) is 5.57 Å². The van der Waals surface area contributed by atoms with Crippen molar-refractivity contribution in [2.75, 3.05) is 13.1 Å². The number of aryl methyl sites for hydroxylation is 1. The first-order valence-electron chi connectivity index (χ1n) is 5.58. The molecule has 1 fully saturated rings. The van der Waals surface area contributed by atoms with E-state index in [4.69, 9.17) is 0 Å². The van der Waals surface area contributed by atoms with Crippen LogP contribution in [-0.2, 0) is 0 Å². The molecule has 2 bridgehead atoms. The lowest BCUT2D eigenvalue weighted by Gasteiger charge is -2.38. The second-order valence-electron chi connectivity index (χ2n) is 4.44. The molecule has 0 aliphatic carbocycles. The van der Waals surface area contributed by atoms with Crippen LogP contribution in [0.3, 0.4) is 0 Å². The van der Waals surface area contributed by atoms with E-state index in [-0.39, 0.29) is 0 Å². The number of allylic oxidation sites excluding steroid dienone is 1. The van der Waals surface area contributed by atoms with Crippen LogP contribution in [0.4, 0.5) is 0 Å². The lowest BCUT2D eigenvalue weighted by molar-refractivity contribution is 0.252. The Balaban J connectivity index is 2.00. The summed E-state index contributed by atoms with van der Waals surface area (Å²) in [5.74, 6) is 0.714. The molecule has 3 nitrogen and oxygen atoms in total. The van der Waals surface area contributed by atoms with Gasteiger partial charge in [-0.05, 0) is 31.3 Å². The molecule has 0 atom stereocenters. The monoisotopic (exact) mass is 201 g/mol. The molecule has 0 radical (unpaired) electrons. The number of piperidine rings is 1. The number of nitrogens with zero attached hydrogens (tertiary/aromatic N) is 3. The molecule has 3 heteroatoms. The zero-order valence-corrected chi connectivity index (χ0v) is 8.98. The summed E-state index contributed by atoms with van der Waals surface area (Å²) in [6.45, 7) is 4.43. The first-order valence-corrected chi connectivity index (χ1v) is 5.58. The van der Waals surface area contributed by atoms with Crippen LogP contribution in [0.15, 0.2) is 18.6 Å². The highest BCUT2D eigenvalue weighted by Crippen LogP contribution is 2.36. The average molecular weight is 201 g/mol. The fraction of sp³-hybridized carbons (Fsp3) is 0.500. The van der Waals surface area contributed by atoms with Gasteiger partial charge >= 0.3 is 0 Å². The normalized spacial score (nSPS) is 20.6. The van der Waals surface area contributed by atoms with Crippen LogP contribution in [0.2, 0.25) is 0 Å². The van der Waals surface area contributed by atoms with Gasteiger partial charge in [0, 0.05) is 25.5 Å². The third-order valence-electron chi connectivity index (χ3n) is 3.34. The maximum Gasteiger partial charge on any atom is 0.0865 e. The second kappa shape index (κ2) is 3.33. The molecular formula is C12H15N3. The maximum absolute atomic E-state index is 4.56. The van der Waals surface area contributed by atoms with Gasteiger partial charge in [-0.1, -0.05) is 0 Å². The Kier molecular flexibility index (Phi) is 1.97. The summed E-state index contributed by atoms with van der Waals surface area (Å²) >= 11 is 0. The Morgan fingerprint density at radius 1 is 1.27 bits per heavy atom. The third kappa shape index (κ3) is 1.52. The molecule has 3 aliphatic rings. The highest BCUT2D eigenvalue weighted by atomic mass is 15.1. The molecule has 3 aliphatic heterocycles. The van der Waals surface area contributed by atoms with Crippen molar-refractivity contribution in [1.29, 1.82) is 0 Å². The van der Waals surface area contributed by atoms with E-state index in [1.54, 1.807) is 0 Å². The molecule has 4 heterocycles. The molecule has 1 saturated heterocycles. The van der Waals surface area contributed by atoms with E-state index in [1.807, 2.05) is 19.3 Å². The van der Waals surface area contributed by atoms with Crippen molar-refractivity contribution in [1.82, 2.24) is 14.9 Å². The Bertz CT molecular complexity index is 403. The molecule has 0 N–H and O–H groups in total. The van der Waals surface area contributed by atoms with Crippen molar-refractivity contribution in [3.63, 3.8) is 0 Å². The van der Waals surface area contributed by atoms with Gasteiger partial charge in [0.1, 0.15) is 0 Å². The van der Waals surface area contributed by atoms with E-state index < -0.39 is 0 Å². The smallest absolute Gasteiger partial charge is 0.0865 e. The van der Waals surface area contributed by atoms with Gasteiger partial charge in [0.2, 0.25) is 0 Å². The van der Waals surface area contributed by atoms with E-state index in [2.05, 4.69) is 21.1 Å². The predicted molar refractivity (Wildman–Crippen MR) is 59.0 cm³/mol. The molecule has 4 rings (SSSR count). The van der Waals surface area contributed by atoms with Crippen LogP contribution in [0.5, 0.6) is 0 Å². The maximum atomic E-state index is 4.56. The quantitative estimate of drug-likeness (QED) is 0.694. The zero-order valence-electron chi connectivity index (χ0n) is 8.98. The molecule has 1 aromatic rings. The van der Waals surface area contributed by atoms with E-state index in [0.29, 0.717) is 5.92 Å². The van der Waals surface area contributed by atoms with Crippen LogP contribution in [0.1, 0.15) is 24.2 Å². The van der Waals surface area contributed by atoms with Gasteiger partial charge in [0.15, 0.2) is 0 Å². The number of fused-ring (bicyclic) bond motifs is 2. The molecule has 0 unspecified atom stereocenters. The average Bonchev–Trinajstić information content (AvgIpc) is 2.30. The molecule has 78 valence electrons. The highest BCUT2D eigenvalue weighted by molar-refractivity contribution is 5.65. The topological polar surface area (TPSA) is 29.0 Å². The molecule has 0 aromatic carbocycles. The summed E-state index contributed by atoms with van der Waals surface area (Å²) in [7, 11) is 0. The van der Waals surface area contributed by atoms with Crippen molar-refractivity contribution < 1.29 is 0 Å². The number of aromatic nitrogens is 2. The van der Waals surface area contributed by atoms with E-state index >= 15 is 0 Å². The van der Waals surface area contributed by atoms with Gasteiger partial charge in [0.25, 0.3) is 0 Å². The Morgan fingerprint density at radius 2 is 2.07 bits per heavy atom. The Morgan fingerprint density at radius 3 is 2.67 bits per heavy atom. The van der Waals surface area contributed by atoms with Crippen LogP contribution >= 0.6 is 0 Å². The fourth-order valence-electron chi connectivity index (χ4n) is 2.52. The molecule has 0 amide bonds. The second-order valence-corrected chi connectivity index (χ2v) is 4.44. The summed E-state index contributed by atoms with van der Waals surface area (Å²) in [4.78, 5) is 11.2. The van der Waals surface area contributed by atoms with Crippen LogP contribution in [-0.4, -0.2) is 28.0 Å². The van der Waals surface area contributed by atoms with Gasteiger partial charge in [-0.3, -0.25) is 9.97 Å². The van der Waals surface area contributed by atoms with Gasteiger partial charge in [-0.2, -0.15) is 0 Å². The van der Waals surface area contributed by atoms with Crippen molar-refractivity contribution in [2.24, 2.45) is 5.92 Å². The minimum atomic E-state index is 0.714. The predicted octanol–water partition coefficient (Wildman–Crippen LogP) is 1.85. The number of hydrogen-bond donors (Lipinski definition) is 0. The van der Waals surface area contributed by atoms with Gasteiger partial charge in [-0.15, -0.1) is 0 Å². The highest BCUT2D eigenvalue weighted by Gasteiger charge is 2.28.